The monoisotopic (exact) mass is 332 g/mol. The molecule has 2 atom stereocenters. The van der Waals surface area contributed by atoms with Crippen LogP contribution in [0.2, 0.25) is 10.0 Å². The van der Waals surface area contributed by atoms with Crippen LogP contribution in [0.3, 0.4) is 0 Å². The molecular weight excluding hydrogens is 315 g/mol. The predicted octanol–water partition coefficient (Wildman–Crippen LogP) is 4.14. The molecule has 0 N–H and O–H groups in total. The Morgan fingerprint density at radius 3 is 2.48 bits per heavy atom. The number of hydrogen-bond acceptors (Lipinski definition) is 4. The molecule has 6 heteroatoms. The lowest BCUT2D eigenvalue weighted by Crippen LogP contribution is -2.32. The summed E-state index contributed by atoms with van der Waals surface area (Å²) in [5.74, 6) is -1.28. The van der Waals surface area contributed by atoms with Crippen molar-refractivity contribution in [1.29, 1.82) is 0 Å². The molecule has 0 aliphatic carbocycles. The predicted molar refractivity (Wildman–Crippen MR) is 80.5 cm³/mol. The lowest BCUT2D eigenvalue weighted by molar-refractivity contribution is -0.187. The van der Waals surface area contributed by atoms with E-state index in [1.807, 2.05) is 13.8 Å². The van der Waals surface area contributed by atoms with Crippen LogP contribution >= 0.6 is 23.2 Å². The molecular formula is C15H18Cl2O4. The van der Waals surface area contributed by atoms with Crippen molar-refractivity contribution in [3.05, 3.63) is 33.8 Å². The van der Waals surface area contributed by atoms with Crippen molar-refractivity contribution >= 4 is 29.2 Å². The van der Waals surface area contributed by atoms with Crippen molar-refractivity contribution < 1.29 is 19.0 Å². The van der Waals surface area contributed by atoms with Crippen molar-refractivity contribution in [3.8, 4) is 0 Å². The van der Waals surface area contributed by atoms with E-state index in [9.17, 15) is 4.79 Å². The lowest BCUT2D eigenvalue weighted by atomic mass is 10.0. The Hall–Kier alpha value is -0.810. The van der Waals surface area contributed by atoms with Gasteiger partial charge in [0.15, 0.2) is 11.9 Å². The van der Waals surface area contributed by atoms with Gasteiger partial charge in [-0.3, -0.25) is 0 Å². The molecule has 1 heterocycles. The second-order valence-corrected chi connectivity index (χ2v) is 5.73. The third kappa shape index (κ3) is 3.19. The van der Waals surface area contributed by atoms with E-state index in [2.05, 4.69) is 0 Å². The molecule has 1 aromatic rings. The van der Waals surface area contributed by atoms with Gasteiger partial charge in [0.2, 0.25) is 0 Å². The molecule has 2 rings (SSSR count). The molecule has 1 unspecified atom stereocenters. The van der Waals surface area contributed by atoms with E-state index in [1.165, 1.54) is 7.11 Å². The van der Waals surface area contributed by atoms with Gasteiger partial charge < -0.3 is 14.2 Å². The molecule has 0 spiro atoms. The van der Waals surface area contributed by atoms with Crippen LogP contribution in [-0.2, 0) is 19.0 Å². The van der Waals surface area contributed by atoms with Gasteiger partial charge in [-0.15, -0.1) is 0 Å². The molecule has 1 fully saturated rings. The van der Waals surface area contributed by atoms with E-state index in [1.54, 1.807) is 18.2 Å². The molecule has 1 saturated heterocycles. The quantitative estimate of drug-likeness (QED) is 0.777. The molecule has 0 saturated carbocycles. The van der Waals surface area contributed by atoms with Gasteiger partial charge in [-0.2, -0.15) is 0 Å². The Bertz CT molecular complexity index is 528. The first-order valence-electron chi connectivity index (χ1n) is 6.84. The average molecular weight is 333 g/mol. The fourth-order valence-corrected chi connectivity index (χ4v) is 2.96. The number of hydrogen-bond donors (Lipinski definition) is 0. The first kappa shape index (κ1) is 16.6. The molecule has 1 aliphatic rings. The van der Waals surface area contributed by atoms with Crippen LogP contribution in [0.15, 0.2) is 18.2 Å². The largest absolute Gasteiger partial charge is 0.467 e. The van der Waals surface area contributed by atoms with E-state index in [0.717, 1.165) is 0 Å². The zero-order chi connectivity index (χ0) is 15.6. The van der Waals surface area contributed by atoms with Crippen LogP contribution in [0.4, 0.5) is 0 Å². The first-order chi connectivity index (χ1) is 9.96. The topological polar surface area (TPSA) is 44.8 Å². The van der Waals surface area contributed by atoms with Crippen LogP contribution < -0.4 is 0 Å². The zero-order valence-corrected chi connectivity index (χ0v) is 13.7. The highest BCUT2D eigenvalue weighted by atomic mass is 35.5. The number of methoxy groups -OCH3 is 1. The van der Waals surface area contributed by atoms with E-state index in [-0.39, 0.29) is 0 Å². The second kappa shape index (κ2) is 6.53. The van der Waals surface area contributed by atoms with Crippen LogP contribution in [-0.4, -0.2) is 25.0 Å². The number of carbonyl (C=O) groups is 1. The molecule has 1 aromatic carbocycles. The van der Waals surface area contributed by atoms with E-state index in [4.69, 9.17) is 37.4 Å². The van der Waals surface area contributed by atoms with Crippen molar-refractivity contribution in [2.45, 2.75) is 44.7 Å². The normalized spacial score (nSPS) is 24.0. The summed E-state index contributed by atoms with van der Waals surface area (Å²) in [6.45, 7) is 3.90. The maximum atomic E-state index is 12.0. The summed E-state index contributed by atoms with van der Waals surface area (Å²) in [6.07, 6.45) is -0.201. The number of benzene rings is 1. The molecule has 0 radical (unpaired) electrons. The Labute approximate surface area is 134 Å². The van der Waals surface area contributed by atoms with Crippen LogP contribution in [0.25, 0.3) is 0 Å². The minimum absolute atomic E-state index is 0.438. The van der Waals surface area contributed by atoms with E-state index < -0.39 is 24.0 Å². The van der Waals surface area contributed by atoms with Gasteiger partial charge in [-0.1, -0.05) is 43.1 Å². The Kier molecular flexibility index (Phi) is 5.15. The van der Waals surface area contributed by atoms with Gasteiger partial charge in [0.05, 0.1) is 7.11 Å². The summed E-state index contributed by atoms with van der Waals surface area (Å²) < 4.78 is 16.7. The highest BCUT2D eigenvalue weighted by molar-refractivity contribution is 6.35. The number of carbonyl (C=O) groups excluding carboxylic acids is 1. The number of halogens is 2. The Balaban J connectivity index is 2.40. The summed E-state index contributed by atoms with van der Waals surface area (Å²) >= 11 is 12.1. The third-order valence-corrected chi connectivity index (χ3v) is 4.30. The molecule has 21 heavy (non-hydrogen) atoms. The smallest absolute Gasteiger partial charge is 0.338 e. The Morgan fingerprint density at radius 1 is 1.29 bits per heavy atom. The maximum Gasteiger partial charge on any atom is 0.338 e. The minimum Gasteiger partial charge on any atom is -0.467 e. The summed E-state index contributed by atoms with van der Waals surface area (Å²) in [7, 11) is 1.32. The van der Waals surface area contributed by atoms with Crippen LogP contribution in [0.1, 0.15) is 38.4 Å². The van der Waals surface area contributed by atoms with Gasteiger partial charge in [0.25, 0.3) is 0 Å². The number of rotatable bonds is 4. The van der Waals surface area contributed by atoms with Crippen LogP contribution in [0.5, 0.6) is 0 Å². The fraction of sp³-hybridized carbons (Fsp3) is 0.533. The van der Waals surface area contributed by atoms with E-state index >= 15 is 0 Å². The molecule has 116 valence electrons. The number of esters is 1. The maximum absolute atomic E-state index is 12.0. The van der Waals surface area contributed by atoms with Crippen molar-refractivity contribution in [2.24, 2.45) is 0 Å². The lowest BCUT2D eigenvalue weighted by Gasteiger charge is -2.25. The highest BCUT2D eigenvalue weighted by Gasteiger charge is 2.50. The third-order valence-electron chi connectivity index (χ3n) is 3.74. The summed E-state index contributed by atoms with van der Waals surface area (Å²) in [6, 6.07) is 5.07. The van der Waals surface area contributed by atoms with Crippen molar-refractivity contribution in [2.75, 3.05) is 7.11 Å². The van der Waals surface area contributed by atoms with E-state index in [0.29, 0.717) is 28.5 Å². The molecule has 0 amide bonds. The highest BCUT2D eigenvalue weighted by Crippen LogP contribution is 2.44. The summed E-state index contributed by atoms with van der Waals surface area (Å²) in [5, 5.41) is 0.961. The summed E-state index contributed by atoms with van der Waals surface area (Å²) in [5.41, 5.74) is 0.667. The second-order valence-electron chi connectivity index (χ2n) is 4.88. The SMILES string of the molecule is CCC1(CC)OC(C(=O)OC)[C@@H](c2ccc(Cl)cc2Cl)O1. The van der Waals surface area contributed by atoms with Gasteiger partial charge >= 0.3 is 5.97 Å². The van der Waals surface area contributed by atoms with Gasteiger partial charge in [-0.05, 0) is 25.0 Å². The molecule has 1 aliphatic heterocycles. The molecule has 0 bridgehead atoms. The van der Waals surface area contributed by atoms with Gasteiger partial charge in [-0.25, -0.2) is 4.79 Å². The number of ether oxygens (including phenoxy) is 3. The standard InChI is InChI=1S/C15H18Cl2O4/c1-4-15(5-2)20-12(13(21-15)14(18)19-3)10-7-6-9(16)8-11(10)17/h6-8,12-13H,4-5H2,1-3H3/t12-,13?/m1/s1. The van der Waals surface area contributed by atoms with Crippen LogP contribution in [0, 0.1) is 0 Å². The Morgan fingerprint density at radius 2 is 1.95 bits per heavy atom. The molecule has 0 aromatic heterocycles. The van der Waals surface area contributed by atoms with Gasteiger partial charge in [0.1, 0.15) is 6.10 Å². The zero-order valence-electron chi connectivity index (χ0n) is 12.2. The minimum atomic E-state index is -0.839. The van der Waals surface area contributed by atoms with Gasteiger partial charge in [0, 0.05) is 15.6 Å². The first-order valence-corrected chi connectivity index (χ1v) is 7.60. The average Bonchev–Trinajstić information content (AvgIpc) is 2.87. The van der Waals surface area contributed by atoms with Crippen molar-refractivity contribution in [3.63, 3.8) is 0 Å². The fourth-order valence-electron chi connectivity index (χ4n) is 2.44. The summed E-state index contributed by atoms with van der Waals surface area (Å²) in [4.78, 5) is 12.0. The molecule has 4 nitrogen and oxygen atoms in total. The van der Waals surface area contributed by atoms with Crippen molar-refractivity contribution in [1.82, 2.24) is 0 Å².